The molecule has 0 saturated carbocycles. The van der Waals surface area contributed by atoms with E-state index in [2.05, 4.69) is 5.48 Å². The van der Waals surface area contributed by atoms with Gasteiger partial charge < -0.3 is 15.0 Å². The van der Waals surface area contributed by atoms with Crippen molar-refractivity contribution in [2.45, 2.75) is 12.5 Å². The predicted octanol–water partition coefficient (Wildman–Crippen LogP) is 1.01. The summed E-state index contributed by atoms with van der Waals surface area (Å²) in [6.07, 6.45) is -5.01. The van der Waals surface area contributed by atoms with E-state index in [1.165, 1.54) is 4.90 Å². The highest BCUT2D eigenvalue weighted by Gasteiger charge is 2.34. The van der Waals surface area contributed by atoms with E-state index in [0.29, 0.717) is 13.1 Å². The lowest BCUT2D eigenvalue weighted by Crippen LogP contribution is -2.37. The van der Waals surface area contributed by atoms with Gasteiger partial charge in [0.2, 0.25) is 0 Å². The molecule has 2 aliphatic heterocycles. The van der Waals surface area contributed by atoms with Gasteiger partial charge in [-0.3, -0.25) is 14.5 Å². The standard InChI is InChI=1S/C16H18F4N4O4/c17-11-5-9(6-12(18)13(11)23-2-1-22-27-4-3-23)24-8-10(28-16(24)26)7-21-15(25)14(19)20/h5-6,10,14,22H,1-4,7-8H2,(H,21,25)/t10-/m0/s1. The number of benzene rings is 1. The SMILES string of the molecule is O=C(NC[C@H]1CN(c2cc(F)c(N3CCNOCC3)c(F)c2)C(=O)O1)C(F)F. The Balaban J connectivity index is 1.71. The fourth-order valence-corrected chi connectivity index (χ4v) is 2.96. The Labute approximate surface area is 157 Å². The molecule has 0 aliphatic carbocycles. The van der Waals surface area contributed by atoms with Crippen LogP contribution in [0.1, 0.15) is 0 Å². The summed E-state index contributed by atoms with van der Waals surface area (Å²) in [5.41, 5.74) is 2.34. The number of carbonyl (C=O) groups is 2. The molecule has 1 atom stereocenters. The summed E-state index contributed by atoms with van der Waals surface area (Å²) < 4.78 is 58.5. The first kappa shape index (κ1) is 20.1. The normalized spacial score (nSPS) is 20.3. The van der Waals surface area contributed by atoms with Gasteiger partial charge in [0.1, 0.15) is 11.8 Å². The highest BCUT2D eigenvalue weighted by Crippen LogP contribution is 2.31. The molecule has 0 bridgehead atoms. The predicted molar refractivity (Wildman–Crippen MR) is 89.2 cm³/mol. The lowest BCUT2D eigenvalue weighted by molar-refractivity contribution is -0.132. The maximum atomic E-state index is 14.6. The van der Waals surface area contributed by atoms with Crippen LogP contribution in [-0.4, -0.2) is 63.9 Å². The number of nitrogens with zero attached hydrogens (tertiary/aromatic N) is 2. The van der Waals surface area contributed by atoms with E-state index in [-0.39, 0.29) is 37.6 Å². The molecule has 3 rings (SSSR count). The van der Waals surface area contributed by atoms with Crippen molar-refractivity contribution in [3.05, 3.63) is 23.8 Å². The second kappa shape index (κ2) is 8.61. The van der Waals surface area contributed by atoms with E-state index < -0.39 is 36.2 Å². The number of amides is 2. The zero-order valence-corrected chi connectivity index (χ0v) is 14.6. The van der Waals surface area contributed by atoms with Crippen LogP contribution in [0.25, 0.3) is 0 Å². The molecule has 154 valence electrons. The molecule has 1 aromatic carbocycles. The lowest BCUT2D eigenvalue weighted by atomic mass is 10.2. The van der Waals surface area contributed by atoms with Gasteiger partial charge in [-0.05, 0) is 0 Å². The van der Waals surface area contributed by atoms with E-state index in [4.69, 9.17) is 9.57 Å². The minimum atomic E-state index is -3.19. The maximum Gasteiger partial charge on any atom is 0.414 e. The zero-order valence-electron chi connectivity index (χ0n) is 14.6. The monoisotopic (exact) mass is 406 g/mol. The van der Waals surface area contributed by atoms with Crippen molar-refractivity contribution in [3.63, 3.8) is 0 Å². The van der Waals surface area contributed by atoms with Gasteiger partial charge in [-0.25, -0.2) is 19.1 Å². The molecule has 0 aromatic heterocycles. The number of hydrogen-bond acceptors (Lipinski definition) is 6. The highest BCUT2D eigenvalue weighted by molar-refractivity contribution is 5.90. The minimum absolute atomic E-state index is 0.0735. The molecule has 2 heterocycles. The Hall–Kier alpha value is -2.60. The first-order chi connectivity index (χ1) is 13.4. The Morgan fingerprint density at radius 1 is 1.29 bits per heavy atom. The van der Waals surface area contributed by atoms with Crippen LogP contribution < -0.4 is 20.6 Å². The smallest absolute Gasteiger partial charge is 0.414 e. The molecule has 0 spiro atoms. The number of nitrogens with one attached hydrogen (secondary N) is 2. The van der Waals surface area contributed by atoms with Gasteiger partial charge in [-0.2, -0.15) is 8.78 Å². The van der Waals surface area contributed by atoms with E-state index in [1.54, 1.807) is 0 Å². The van der Waals surface area contributed by atoms with Crippen molar-refractivity contribution in [3.8, 4) is 0 Å². The van der Waals surface area contributed by atoms with Crippen LogP contribution in [0.15, 0.2) is 12.1 Å². The summed E-state index contributed by atoms with van der Waals surface area (Å²) in [4.78, 5) is 30.4. The van der Waals surface area contributed by atoms with Crippen molar-refractivity contribution < 1.29 is 36.7 Å². The topological polar surface area (TPSA) is 83.1 Å². The summed E-state index contributed by atoms with van der Waals surface area (Å²) in [5.74, 6) is -3.22. The van der Waals surface area contributed by atoms with Crippen LogP contribution in [0.2, 0.25) is 0 Å². The number of cyclic esters (lactones) is 1. The number of rotatable bonds is 5. The summed E-state index contributed by atoms with van der Waals surface area (Å²) in [7, 11) is 0. The van der Waals surface area contributed by atoms with Gasteiger partial charge in [0, 0.05) is 31.8 Å². The van der Waals surface area contributed by atoms with Crippen molar-refractivity contribution in [2.24, 2.45) is 0 Å². The molecule has 12 heteroatoms. The van der Waals surface area contributed by atoms with Gasteiger partial charge in [-0.1, -0.05) is 0 Å². The third-order valence-corrected chi connectivity index (χ3v) is 4.25. The van der Waals surface area contributed by atoms with Gasteiger partial charge >= 0.3 is 12.5 Å². The molecular formula is C16H18F4N4O4. The molecule has 8 nitrogen and oxygen atoms in total. The number of ether oxygens (including phenoxy) is 1. The fourth-order valence-electron chi connectivity index (χ4n) is 2.96. The number of hydrogen-bond donors (Lipinski definition) is 2. The number of halogens is 4. The van der Waals surface area contributed by atoms with Crippen LogP contribution in [0.5, 0.6) is 0 Å². The minimum Gasteiger partial charge on any atom is -0.442 e. The second-order valence-corrected chi connectivity index (χ2v) is 6.15. The number of alkyl halides is 2. The fraction of sp³-hybridized carbons (Fsp3) is 0.500. The molecule has 2 fully saturated rings. The molecular weight excluding hydrogens is 388 g/mol. The van der Waals surface area contributed by atoms with Gasteiger partial charge in [0.25, 0.3) is 5.91 Å². The first-order valence-electron chi connectivity index (χ1n) is 8.49. The Kier molecular flexibility index (Phi) is 6.19. The molecule has 2 N–H and O–H groups in total. The number of hydroxylamine groups is 1. The zero-order chi connectivity index (χ0) is 20.3. The highest BCUT2D eigenvalue weighted by atomic mass is 19.3. The molecule has 28 heavy (non-hydrogen) atoms. The van der Waals surface area contributed by atoms with Crippen LogP contribution >= 0.6 is 0 Å². The van der Waals surface area contributed by atoms with Gasteiger partial charge in [-0.15, -0.1) is 0 Å². The van der Waals surface area contributed by atoms with Crippen LogP contribution in [-0.2, 0) is 14.4 Å². The van der Waals surface area contributed by atoms with Crippen LogP contribution in [0.4, 0.5) is 33.7 Å². The third kappa shape index (κ3) is 4.44. The van der Waals surface area contributed by atoms with E-state index in [9.17, 15) is 27.2 Å². The van der Waals surface area contributed by atoms with E-state index in [0.717, 1.165) is 17.0 Å². The molecule has 0 unspecified atom stereocenters. The first-order valence-corrected chi connectivity index (χ1v) is 8.49. The third-order valence-electron chi connectivity index (χ3n) is 4.25. The number of anilines is 2. The Morgan fingerprint density at radius 2 is 2.00 bits per heavy atom. The Bertz CT molecular complexity index is 720. The van der Waals surface area contributed by atoms with Crippen molar-refractivity contribution >= 4 is 23.4 Å². The average molecular weight is 406 g/mol. The lowest BCUT2D eigenvalue weighted by Gasteiger charge is -2.24. The largest absolute Gasteiger partial charge is 0.442 e. The molecule has 1 aromatic rings. The summed E-state index contributed by atoms with van der Waals surface area (Å²) in [5, 5.41) is 1.93. The van der Waals surface area contributed by atoms with Crippen molar-refractivity contribution in [1.29, 1.82) is 0 Å². The summed E-state index contributed by atoms with van der Waals surface area (Å²) >= 11 is 0. The van der Waals surface area contributed by atoms with Crippen molar-refractivity contribution in [2.75, 3.05) is 49.1 Å². The van der Waals surface area contributed by atoms with E-state index >= 15 is 0 Å². The quantitative estimate of drug-likeness (QED) is 0.711. The molecule has 0 radical (unpaired) electrons. The Morgan fingerprint density at radius 3 is 2.68 bits per heavy atom. The van der Waals surface area contributed by atoms with Crippen molar-refractivity contribution in [1.82, 2.24) is 10.8 Å². The van der Waals surface area contributed by atoms with Crippen LogP contribution in [0, 0.1) is 11.6 Å². The molecule has 2 saturated heterocycles. The maximum absolute atomic E-state index is 14.6. The van der Waals surface area contributed by atoms with Crippen LogP contribution in [0.3, 0.4) is 0 Å². The molecule has 2 aliphatic rings. The molecule has 2 amide bonds. The van der Waals surface area contributed by atoms with E-state index in [1.807, 2.05) is 5.32 Å². The second-order valence-electron chi connectivity index (χ2n) is 6.15. The summed E-state index contributed by atoms with van der Waals surface area (Å²) in [6, 6.07) is 2.00. The van der Waals surface area contributed by atoms with Gasteiger partial charge in [0.05, 0.1) is 25.4 Å². The summed E-state index contributed by atoms with van der Waals surface area (Å²) in [6.45, 7) is 0.732. The number of carbonyl (C=O) groups excluding carboxylic acids is 2. The average Bonchev–Trinajstić information content (AvgIpc) is 2.83. The van der Waals surface area contributed by atoms with Gasteiger partial charge in [0.15, 0.2) is 11.6 Å².